The van der Waals surface area contributed by atoms with Crippen LogP contribution in [0.1, 0.15) is 20.3 Å². The van der Waals surface area contributed by atoms with Gasteiger partial charge < -0.3 is 14.6 Å². The minimum atomic E-state index is -0.465. The van der Waals surface area contributed by atoms with Crippen molar-refractivity contribution in [3.63, 3.8) is 0 Å². The van der Waals surface area contributed by atoms with E-state index in [1.54, 1.807) is 0 Å². The van der Waals surface area contributed by atoms with Gasteiger partial charge in [-0.15, -0.1) is 0 Å². The molecule has 3 nitrogen and oxygen atoms in total. The van der Waals surface area contributed by atoms with Crippen LogP contribution in [0.2, 0.25) is 0 Å². The van der Waals surface area contributed by atoms with Gasteiger partial charge in [0.05, 0.1) is 19.3 Å². The summed E-state index contributed by atoms with van der Waals surface area (Å²) in [6, 6.07) is 0. The third-order valence-corrected chi connectivity index (χ3v) is 5.54. The number of rotatable bonds is 1. The molecule has 0 aromatic rings. The molecule has 1 spiro atoms. The van der Waals surface area contributed by atoms with Gasteiger partial charge in [-0.05, 0) is 11.4 Å². The fourth-order valence-corrected chi connectivity index (χ4v) is 4.54. The monoisotopic (exact) mass is 288 g/mol. The zero-order valence-electron chi connectivity index (χ0n) is 9.57. The van der Waals surface area contributed by atoms with Gasteiger partial charge in [0.15, 0.2) is 5.79 Å². The van der Waals surface area contributed by atoms with Gasteiger partial charge in [0, 0.05) is 23.7 Å². The van der Waals surface area contributed by atoms with E-state index in [2.05, 4.69) is 28.9 Å². The molecule has 2 bridgehead atoms. The third kappa shape index (κ3) is 1.14. The fraction of sp³-hybridized carbons (Fsp3) is 0.833. The molecule has 1 heterocycles. The smallest absolute Gasteiger partial charge is 0.175 e. The lowest BCUT2D eigenvalue weighted by Gasteiger charge is -2.36. The number of ether oxygens (including phenoxy) is 2. The van der Waals surface area contributed by atoms with E-state index >= 15 is 0 Å². The first-order valence-electron chi connectivity index (χ1n) is 5.84. The maximum Gasteiger partial charge on any atom is 0.175 e. The Bertz CT molecular complexity index is 346. The van der Waals surface area contributed by atoms with Crippen LogP contribution in [-0.2, 0) is 9.47 Å². The quantitative estimate of drug-likeness (QED) is 0.803. The standard InChI is InChI=1S/C12H17BrO3/c1-7(14)11(2)8-6-12(15-3-4-16-12)10(11)5-9(8)13/h5,7-8,10,14H,3-4,6H2,1-2H3/t7-,8+,10+,11+/m1/s1. The number of fused-ring (bicyclic) bond motifs is 3. The van der Waals surface area contributed by atoms with Crippen LogP contribution in [0.5, 0.6) is 0 Å². The molecule has 2 fully saturated rings. The summed E-state index contributed by atoms with van der Waals surface area (Å²) in [4.78, 5) is 0. The number of hydrogen-bond acceptors (Lipinski definition) is 3. The Labute approximate surface area is 104 Å². The van der Waals surface area contributed by atoms with Crippen molar-refractivity contribution in [1.82, 2.24) is 0 Å². The van der Waals surface area contributed by atoms with Crippen LogP contribution in [0.15, 0.2) is 10.6 Å². The van der Waals surface area contributed by atoms with E-state index in [0.717, 1.165) is 6.42 Å². The number of hydrogen-bond donors (Lipinski definition) is 1. The molecule has 0 unspecified atom stereocenters. The minimum Gasteiger partial charge on any atom is -0.393 e. The fourth-order valence-electron chi connectivity index (χ4n) is 3.62. The topological polar surface area (TPSA) is 38.7 Å². The van der Waals surface area contributed by atoms with E-state index in [1.165, 1.54) is 4.48 Å². The predicted octanol–water partition coefficient (Wildman–Crippen LogP) is 2.05. The highest BCUT2D eigenvalue weighted by Gasteiger charge is 2.67. The van der Waals surface area contributed by atoms with Gasteiger partial charge in [-0.1, -0.05) is 28.9 Å². The maximum absolute atomic E-state index is 10.1. The molecule has 16 heavy (non-hydrogen) atoms. The average molecular weight is 289 g/mol. The van der Waals surface area contributed by atoms with Crippen molar-refractivity contribution in [2.45, 2.75) is 32.2 Å². The summed E-state index contributed by atoms with van der Waals surface area (Å²) in [5, 5.41) is 10.1. The molecular weight excluding hydrogens is 272 g/mol. The highest BCUT2D eigenvalue weighted by molar-refractivity contribution is 9.11. The van der Waals surface area contributed by atoms with Gasteiger partial charge in [-0.3, -0.25) is 0 Å². The molecule has 1 saturated carbocycles. The van der Waals surface area contributed by atoms with Crippen molar-refractivity contribution in [3.05, 3.63) is 10.6 Å². The molecule has 4 atom stereocenters. The first kappa shape index (κ1) is 11.2. The van der Waals surface area contributed by atoms with Gasteiger partial charge in [0.1, 0.15) is 0 Å². The number of halogens is 1. The summed E-state index contributed by atoms with van der Waals surface area (Å²) in [5.74, 6) is 0.00528. The first-order chi connectivity index (χ1) is 7.51. The van der Waals surface area contributed by atoms with Crippen molar-refractivity contribution in [3.8, 4) is 0 Å². The van der Waals surface area contributed by atoms with Crippen molar-refractivity contribution in [2.75, 3.05) is 13.2 Å². The minimum absolute atomic E-state index is 0.155. The van der Waals surface area contributed by atoms with Gasteiger partial charge in [-0.25, -0.2) is 0 Å². The molecule has 90 valence electrons. The average Bonchev–Trinajstić information content (AvgIpc) is 2.84. The summed E-state index contributed by atoms with van der Waals surface area (Å²) in [6.45, 7) is 5.35. The van der Waals surface area contributed by atoms with Gasteiger partial charge >= 0.3 is 0 Å². The van der Waals surface area contributed by atoms with E-state index in [-0.39, 0.29) is 17.4 Å². The molecule has 0 aromatic heterocycles. The van der Waals surface area contributed by atoms with Crippen molar-refractivity contribution < 1.29 is 14.6 Å². The Morgan fingerprint density at radius 1 is 1.50 bits per heavy atom. The predicted molar refractivity (Wildman–Crippen MR) is 63.0 cm³/mol. The lowest BCUT2D eigenvalue weighted by molar-refractivity contribution is -0.186. The van der Waals surface area contributed by atoms with Crippen LogP contribution in [-0.4, -0.2) is 30.2 Å². The van der Waals surface area contributed by atoms with Crippen LogP contribution in [0.25, 0.3) is 0 Å². The second-order valence-electron chi connectivity index (χ2n) is 5.34. The van der Waals surface area contributed by atoms with E-state index in [0.29, 0.717) is 19.1 Å². The summed E-state index contributed by atoms with van der Waals surface area (Å²) in [5.41, 5.74) is -0.164. The Hall–Kier alpha value is 0.1000. The molecule has 0 radical (unpaired) electrons. The SMILES string of the molecule is C[C@@H](O)[C@]1(C)[C@@H]2C=C(Br)[C@@H]1CC21OCCO1. The lowest BCUT2D eigenvalue weighted by atomic mass is 9.74. The number of allylic oxidation sites excluding steroid dienone is 1. The number of aliphatic hydroxyl groups excluding tert-OH is 1. The summed E-state index contributed by atoms with van der Waals surface area (Å²) >= 11 is 3.61. The molecule has 3 aliphatic rings. The Kier molecular flexibility index (Phi) is 2.32. The maximum atomic E-state index is 10.1. The first-order valence-corrected chi connectivity index (χ1v) is 6.63. The Balaban J connectivity index is 2.03. The molecular formula is C12H17BrO3. The molecule has 3 rings (SSSR count). The van der Waals surface area contributed by atoms with E-state index in [1.807, 2.05) is 6.92 Å². The second kappa shape index (κ2) is 3.31. The summed E-state index contributed by atoms with van der Waals surface area (Å²) < 4.78 is 12.9. The third-order valence-electron chi connectivity index (χ3n) is 4.72. The van der Waals surface area contributed by atoms with Gasteiger partial charge in [0.25, 0.3) is 0 Å². The second-order valence-corrected chi connectivity index (χ2v) is 6.25. The molecule has 1 aliphatic heterocycles. The molecule has 2 aliphatic carbocycles. The molecule has 4 heteroatoms. The van der Waals surface area contributed by atoms with E-state index in [9.17, 15) is 5.11 Å². The van der Waals surface area contributed by atoms with Crippen LogP contribution in [0.3, 0.4) is 0 Å². The number of aliphatic hydroxyl groups is 1. The highest BCUT2D eigenvalue weighted by atomic mass is 79.9. The van der Waals surface area contributed by atoms with Gasteiger partial charge in [-0.2, -0.15) is 0 Å². The van der Waals surface area contributed by atoms with E-state index < -0.39 is 5.79 Å². The molecule has 0 amide bonds. The lowest BCUT2D eigenvalue weighted by Crippen LogP contribution is -2.42. The largest absolute Gasteiger partial charge is 0.393 e. The Morgan fingerprint density at radius 3 is 2.62 bits per heavy atom. The van der Waals surface area contributed by atoms with Crippen molar-refractivity contribution >= 4 is 15.9 Å². The van der Waals surface area contributed by atoms with Crippen molar-refractivity contribution in [1.29, 1.82) is 0 Å². The van der Waals surface area contributed by atoms with Crippen LogP contribution < -0.4 is 0 Å². The molecule has 0 aromatic carbocycles. The van der Waals surface area contributed by atoms with Crippen molar-refractivity contribution in [2.24, 2.45) is 17.3 Å². The zero-order chi connectivity index (χ0) is 11.6. The summed E-state index contributed by atoms with van der Waals surface area (Å²) in [7, 11) is 0. The molecule has 1 saturated heterocycles. The van der Waals surface area contributed by atoms with E-state index in [4.69, 9.17) is 9.47 Å². The normalized spacial score (nSPS) is 46.4. The molecule has 1 N–H and O–H groups in total. The van der Waals surface area contributed by atoms with Crippen LogP contribution >= 0.6 is 15.9 Å². The summed E-state index contributed by atoms with van der Waals surface area (Å²) in [6.07, 6.45) is 2.67. The highest BCUT2D eigenvalue weighted by Crippen LogP contribution is 2.65. The van der Waals surface area contributed by atoms with Crippen LogP contribution in [0, 0.1) is 17.3 Å². The van der Waals surface area contributed by atoms with Crippen LogP contribution in [0.4, 0.5) is 0 Å². The Morgan fingerprint density at radius 2 is 2.12 bits per heavy atom. The van der Waals surface area contributed by atoms with Gasteiger partial charge in [0.2, 0.25) is 0 Å². The zero-order valence-corrected chi connectivity index (χ0v) is 11.2.